The van der Waals surface area contributed by atoms with Gasteiger partial charge in [-0.1, -0.05) is 103 Å². The predicted molar refractivity (Wildman–Crippen MR) is 170 cm³/mol. The van der Waals surface area contributed by atoms with Crippen LogP contribution in [0.15, 0.2) is 72.8 Å². The fraction of sp³-hybridized carbons (Fsp3) is 0.355. The van der Waals surface area contributed by atoms with Crippen molar-refractivity contribution in [1.82, 2.24) is 10.2 Å². The van der Waals surface area contributed by atoms with Gasteiger partial charge in [0.15, 0.2) is 0 Å². The van der Waals surface area contributed by atoms with E-state index in [1.165, 1.54) is 17.0 Å². The highest BCUT2D eigenvalue weighted by Crippen LogP contribution is 2.34. The van der Waals surface area contributed by atoms with Crippen molar-refractivity contribution in [3.05, 3.63) is 99.0 Å². The van der Waals surface area contributed by atoms with Gasteiger partial charge in [-0.25, -0.2) is 8.42 Å². The highest BCUT2D eigenvalue weighted by Gasteiger charge is 2.34. The molecule has 0 saturated heterocycles. The average molecular weight is 651 g/mol. The number of anilines is 1. The topological polar surface area (TPSA) is 86.8 Å². The number of halogens is 3. The van der Waals surface area contributed by atoms with Crippen LogP contribution < -0.4 is 9.62 Å². The second-order valence-corrected chi connectivity index (χ2v) is 13.7. The van der Waals surface area contributed by atoms with Crippen molar-refractivity contribution in [1.29, 1.82) is 0 Å². The summed E-state index contributed by atoms with van der Waals surface area (Å²) in [6, 6.07) is 20.1. The largest absolute Gasteiger partial charge is 0.352 e. The molecule has 42 heavy (non-hydrogen) atoms. The molecule has 1 saturated carbocycles. The van der Waals surface area contributed by atoms with Crippen LogP contribution >= 0.6 is 34.8 Å². The van der Waals surface area contributed by atoms with E-state index in [9.17, 15) is 18.0 Å². The van der Waals surface area contributed by atoms with Gasteiger partial charge in [0, 0.05) is 24.0 Å². The summed E-state index contributed by atoms with van der Waals surface area (Å²) in [4.78, 5) is 29.6. The van der Waals surface area contributed by atoms with Crippen LogP contribution in [0.2, 0.25) is 15.1 Å². The third kappa shape index (κ3) is 8.63. The maximum absolute atomic E-state index is 14.2. The maximum Gasteiger partial charge on any atom is 0.244 e. The summed E-state index contributed by atoms with van der Waals surface area (Å²) in [5.74, 6) is -0.842. The van der Waals surface area contributed by atoms with Gasteiger partial charge in [0.2, 0.25) is 21.8 Å². The van der Waals surface area contributed by atoms with Crippen LogP contribution in [-0.4, -0.2) is 50.0 Å². The van der Waals surface area contributed by atoms with E-state index >= 15 is 0 Å². The molecule has 0 spiro atoms. The van der Waals surface area contributed by atoms with E-state index in [-0.39, 0.29) is 40.6 Å². The molecule has 1 N–H and O–H groups in total. The number of carbonyl (C=O) groups is 2. The van der Waals surface area contributed by atoms with Crippen molar-refractivity contribution >= 4 is 62.3 Å². The molecule has 3 aromatic carbocycles. The molecule has 7 nitrogen and oxygen atoms in total. The molecule has 0 heterocycles. The van der Waals surface area contributed by atoms with E-state index in [2.05, 4.69) is 5.32 Å². The van der Waals surface area contributed by atoms with E-state index in [1.807, 2.05) is 30.3 Å². The molecule has 0 radical (unpaired) electrons. The van der Waals surface area contributed by atoms with Crippen LogP contribution in [0.1, 0.15) is 43.2 Å². The van der Waals surface area contributed by atoms with Crippen molar-refractivity contribution in [2.45, 2.75) is 57.2 Å². The van der Waals surface area contributed by atoms with Crippen molar-refractivity contribution < 1.29 is 18.0 Å². The quantitative estimate of drug-likeness (QED) is 0.257. The van der Waals surface area contributed by atoms with Gasteiger partial charge in [-0.15, -0.1) is 0 Å². The summed E-state index contributed by atoms with van der Waals surface area (Å²) in [5.41, 5.74) is 1.69. The molecular formula is C31H34Cl3N3O4S. The first-order valence-electron chi connectivity index (χ1n) is 13.8. The first-order valence-corrected chi connectivity index (χ1v) is 16.8. The highest BCUT2D eigenvalue weighted by molar-refractivity contribution is 7.92. The second kappa shape index (κ2) is 14.6. The van der Waals surface area contributed by atoms with E-state index in [1.54, 1.807) is 30.3 Å². The van der Waals surface area contributed by atoms with Crippen LogP contribution in [0.4, 0.5) is 5.69 Å². The lowest BCUT2D eigenvalue weighted by molar-refractivity contribution is -0.140. The number of hydrogen-bond acceptors (Lipinski definition) is 4. The fourth-order valence-electron chi connectivity index (χ4n) is 5.16. The van der Waals surface area contributed by atoms with Crippen molar-refractivity contribution in [2.75, 3.05) is 17.1 Å². The zero-order valence-corrected chi connectivity index (χ0v) is 26.4. The van der Waals surface area contributed by atoms with E-state index in [0.29, 0.717) is 5.02 Å². The molecule has 1 atom stereocenters. The summed E-state index contributed by atoms with van der Waals surface area (Å²) >= 11 is 18.7. The minimum Gasteiger partial charge on any atom is -0.352 e. The monoisotopic (exact) mass is 649 g/mol. The van der Waals surface area contributed by atoms with Crippen LogP contribution in [-0.2, 0) is 32.6 Å². The van der Waals surface area contributed by atoms with Gasteiger partial charge in [0.05, 0.1) is 22.0 Å². The second-order valence-electron chi connectivity index (χ2n) is 10.5. The molecule has 224 valence electrons. The zero-order valence-electron chi connectivity index (χ0n) is 23.3. The summed E-state index contributed by atoms with van der Waals surface area (Å²) in [6.45, 7) is -0.513. The lowest BCUT2D eigenvalue weighted by atomic mass is 9.94. The number of amides is 2. The van der Waals surface area contributed by atoms with Crippen LogP contribution in [0, 0.1) is 0 Å². The number of carbonyl (C=O) groups excluding carboxylic acids is 2. The lowest BCUT2D eigenvalue weighted by Gasteiger charge is -2.35. The Morgan fingerprint density at radius 2 is 1.55 bits per heavy atom. The first-order chi connectivity index (χ1) is 20.0. The van der Waals surface area contributed by atoms with Gasteiger partial charge >= 0.3 is 0 Å². The Bertz CT molecular complexity index is 1480. The molecule has 1 aliphatic rings. The van der Waals surface area contributed by atoms with E-state index < -0.39 is 28.5 Å². The molecule has 0 aliphatic heterocycles. The SMILES string of the molecule is CS(=O)(=O)N(CC(=O)N(Cc1ccc(Cl)cc1)[C@H](Cc1ccccc1)C(=O)NC1CCCCC1)c1cccc(Cl)c1Cl. The number of benzene rings is 3. The predicted octanol–water partition coefficient (Wildman–Crippen LogP) is 6.50. The Morgan fingerprint density at radius 3 is 2.19 bits per heavy atom. The number of nitrogens with zero attached hydrogens (tertiary/aromatic N) is 2. The molecule has 0 aromatic heterocycles. The van der Waals surface area contributed by atoms with Crippen molar-refractivity contribution in [3.63, 3.8) is 0 Å². The normalized spacial score (nSPS) is 14.7. The lowest BCUT2D eigenvalue weighted by Crippen LogP contribution is -2.55. The third-order valence-corrected chi connectivity index (χ3v) is 9.56. The molecule has 1 aliphatic carbocycles. The number of sulfonamides is 1. The molecule has 1 fully saturated rings. The molecule has 11 heteroatoms. The smallest absolute Gasteiger partial charge is 0.244 e. The number of nitrogens with one attached hydrogen (secondary N) is 1. The van der Waals surface area contributed by atoms with Gasteiger partial charge in [-0.2, -0.15) is 0 Å². The Balaban J connectivity index is 1.73. The summed E-state index contributed by atoms with van der Waals surface area (Å²) < 4.78 is 26.9. The molecule has 0 bridgehead atoms. The average Bonchev–Trinajstić information content (AvgIpc) is 2.96. The van der Waals surface area contributed by atoms with Gasteiger partial charge in [-0.05, 0) is 48.2 Å². The first kappa shape index (κ1) is 32.1. The number of rotatable bonds is 11. The standard InChI is InChI=1S/C31H34Cl3N3O4S/c1-42(40,41)37(27-14-8-13-26(33)30(27)34)21-29(38)36(20-23-15-17-24(32)18-16-23)28(19-22-9-4-2-5-10-22)31(39)35-25-11-6-3-7-12-25/h2,4-5,8-10,13-18,25,28H,3,6-7,11-12,19-21H2,1H3,(H,35,39)/t28-/m1/s1. The van der Waals surface area contributed by atoms with Crippen LogP contribution in [0.5, 0.6) is 0 Å². The van der Waals surface area contributed by atoms with Gasteiger partial charge < -0.3 is 10.2 Å². The fourth-order valence-corrected chi connectivity index (χ4v) is 6.59. The van der Waals surface area contributed by atoms with Gasteiger partial charge in [-0.3, -0.25) is 13.9 Å². The summed E-state index contributed by atoms with van der Waals surface area (Å²) in [7, 11) is -3.97. The molecule has 3 aromatic rings. The van der Waals surface area contributed by atoms with E-state index in [0.717, 1.165) is 53.8 Å². The van der Waals surface area contributed by atoms with E-state index in [4.69, 9.17) is 34.8 Å². The van der Waals surface area contributed by atoms with Crippen molar-refractivity contribution in [2.24, 2.45) is 0 Å². The maximum atomic E-state index is 14.2. The summed E-state index contributed by atoms with van der Waals surface area (Å²) in [6.07, 6.45) is 6.20. The van der Waals surface area contributed by atoms with Crippen LogP contribution in [0.3, 0.4) is 0 Å². The Kier molecular flexibility index (Phi) is 11.2. The highest BCUT2D eigenvalue weighted by atomic mass is 35.5. The molecule has 0 unspecified atom stereocenters. The molecule has 2 amide bonds. The van der Waals surface area contributed by atoms with Gasteiger partial charge in [0.1, 0.15) is 12.6 Å². The minimum absolute atomic E-state index is 0.0116. The number of hydrogen-bond donors (Lipinski definition) is 1. The molecule has 4 rings (SSSR count). The molecular weight excluding hydrogens is 617 g/mol. The minimum atomic E-state index is -3.97. The van der Waals surface area contributed by atoms with Gasteiger partial charge in [0.25, 0.3) is 0 Å². The Hall–Kier alpha value is -2.78. The Labute approximate surface area is 262 Å². The Morgan fingerprint density at radius 1 is 0.881 bits per heavy atom. The van der Waals surface area contributed by atoms with Crippen LogP contribution in [0.25, 0.3) is 0 Å². The zero-order chi connectivity index (χ0) is 30.3. The van der Waals surface area contributed by atoms with Crippen molar-refractivity contribution in [3.8, 4) is 0 Å². The summed E-state index contributed by atoms with van der Waals surface area (Å²) in [5, 5.41) is 3.88. The third-order valence-electron chi connectivity index (χ3n) is 7.37.